The number of halogens is 1. The number of aryl methyl sites for hydroxylation is 1. The predicted octanol–water partition coefficient (Wildman–Crippen LogP) is 3.29. The lowest BCUT2D eigenvalue weighted by atomic mass is 10.1. The SMILES string of the molecule is Cc1cc(S(=O)(=O)Nc2ccc(C(=O)N3CCN(c4ccncc4)CC3)cc2)ccc1F. The zero-order chi connectivity index (χ0) is 22.7. The molecule has 0 saturated carbocycles. The maximum Gasteiger partial charge on any atom is 0.261 e. The van der Waals surface area contributed by atoms with Gasteiger partial charge in [0.05, 0.1) is 4.90 Å². The van der Waals surface area contributed by atoms with E-state index in [9.17, 15) is 17.6 Å². The minimum Gasteiger partial charge on any atom is -0.368 e. The summed E-state index contributed by atoms with van der Waals surface area (Å²) >= 11 is 0. The summed E-state index contributed by atoms with van der Waals surface area (Å²) in [7, 11) is -3.86. The molecular formula is C23H23FN4O3S. The van der Waals surface area contributed by atoms with E-state index in [2.05, 4.69) is 14.6 Å². The quantitative estimate of drug-likeness (QED) is 0.640. The number of carbonyl (C=O) groups is 1. The van der Waals surface area contributed by atoms with Gasteiger partial charge in [-0.2, -0.15) is 0 Å². The van der Waals surface area contributed by atoms with Crippen molar-refractivity contribution in [3.8, 4) is 0 Å². The summed E-state index contributed by atoms with van der Waals surface area (Å²) < 4.78 is 41.0. The first-order chi connectivity index (χ1) is 15.3. The smallest absolute Gasteiger partial charge is 0.261 e. The highest BCUT2D eigenvalue weighted by molar-refractivity contribution is 7.92. The Balaban J connectivity index is 1.39. The molecule has 1 saturated heterocycles. The Hall–Kier alpha value is -3.46. The Kier molecular flexibility index (Phi) is 6.09. The molecule has 1 aliphatic rings. The van der Waals surface area contributed by atoms with E-state index in [1.54, 1.807) is 41.6 Å². The molecule has 4 rings (SSSR count). The summed E-state index contributed by atoms with van der Waals surface area (Å²) in [6, 6.07) is 13.8. The second-order valence-corrected chi connectivity index (χ2v) is 9.26. The molecule has 3 aromatic rings. The van der Waals surface area contributed by atoms with Crippen LogP contribution in [0.25, 0.3) is 0 Å². The standard InChI is InChI=1S/C23H23FN4O3S/c1-17-16-21(6-7-22(17)24)32(30,31)26-19-4-2-18(3-5-19)23(29)28-14-12-27(13-15-28)20-8-10-25-11-9-20/h2-11,16,26H,12-15H2,1H3. The van der Waals surface area contributed by atoms with Crippen LogP contribution in [0.4, 0.5) is 15.8 Å². The Bertz CT molecular complexity index is 1210. The molecule has 1 N–H and O–H groups in total. The molecule has 1 amide bonds. The number of nitrogens with zero attached hydrogens (tertiary/aromatic N) is 3. The van der Waals surface area contributed by atoms with Gasteiger partial charge in [0.25, 0.3) is 15.9 Å². The van der Waals surface area contributed by atoms with E-state index in [4.69, 9.17) is 0 Å². The second kappa shape index (κ2) is 8.96. The molecule has 9 heteroatoms. The van der Waals surface area contributed by atoms with Crippen LogP contribution >= 0.6 is 0 Å². The first-order valence-electron chi connectivity index (χ1n) is 10.2. The Morgan fingerprint density at radius 3 is 2.25 bits per heavy atom. The molecule has 0 atom stereocenters. The van der Waals surface area contributed by atoms with Crippen LogP contribution in [0.3, 0.4) is 0 Å². The van der Waals surface area contributed by atoms with E-state index in [-0.39, 0.29) is 16.4 Å². The zero-order valence-corrected chi connectivity index (χ0v) is 18.3. The van der Waals surface area contributed by atoms with Crippen LogP contribution in [0.5, 0.6) is 0 Å². The van der Waals surface area contributed by atoms with Crippen LogP contribution in [-0.2, 0) is 10.0 Å². The minimum absolute atomic E-state index is 0.0244. The fourth-order valence-corrected chi connectivity index (χ4v) is 4.73. The number of amides is 1. The Labute approximate surface area is 186 Å². The molecule has 1 fully saturated rings. The highest BCUT2D eigenvalue weighted by Crippen LogP contribution is 2.20. The highest BCUT2D eigenvalue weighted by Gasteiger charge is 2.22. The lowest BCUT2D eigenvalue weighted by Gasteiger charge is -2.36. The Morgan fingerprint density at radius 2 is 1.62 bits per heavy atom. The number of sulfonamides is 1. The number of hydrogen-bond donors (Lipinski definition) is 1. The molecule has 1 aromatic heterocycles. The minimum atomic E-state index is -3.86. The monoisotopic (exact) mass is 454 g/mol. The third kappa shape index (κ3) is 4.72. The third-order valence-electron chi connectivity index (χ3n) is 5.42. The van der Waals surface area contributed by atoms with Crippen LogP contribution in [0.1, 0.15) is 15.9 Å². The summed E-state index contributed by atoms with van der Waals surface area (Å²) in [6.07, 6.45) is 3.50. The van der Waals surface area contributed by atoms with Crippen LogP contribution in [0.2, 0.25) is 0 Å². The fourth-order valence-electron chi connectivity index (χ4n) is 3.58. The third-order valence-corrected chi connectivity index (χ3v) is 6.80. The van der Waals surface area contributed by atoms with Crippen molar-refractivity contribution in [2.24, 2.45) is 0 Å². The van der Waals surface area contributed by atoms with Crippen molar-refractivity contribution in [3.05, 3.63) is 83.9 Å². The van der Waals surface area contributed by atoms with Crippen molar-refractivity contribution in [2.75, 3.05) is 35.8 Å². The number of piperazine rings is 1. The lowest BCUT2D eigenvalue weighted by Crippen LogP contribution is -2.48. The van der Waals surface area contributed by atoms with Crippen molar-refractivity contribution in [1.82, 2.24) is 9.88 Å². The van der Waals surface area contributed by atoms with Gasteiger partial charge < -0.3 is 9.80 Å². The number of benzene rings is 2. The lowest BCUT2D eigenvalue weighted by molar-refractivity contribution is 0.0747. The van der Waals surface area contributed by atoms with Gasteiger partial charge in [-0.25, -0.2) is 12.8 Å². The van der Waals surface area contributed by atoms with E-state index < -0.39 is 15.8 Å². The number of pyridine rings is 1. The normalized spacial score (nSPS) is 14.3. The van der Waals surface area contributed by atoms with Gasteiger partial charge in [-0.1, -0.05) is 0 Å². The number of rotatable bonds is 5. The average Bonchev–Trinajstić information content (AvgIpc) is 2.81. The van der Waals surface area contributed by atoms with Crippen LogP contribution in [0.15, 0.2) is 71.9 Å². The Morgan fingerprint density at radius 1 is 0.969 bits per heavy atom. The number of nitrogens with one attached hydrogen (secondary N) is 1. The van der Waals surface area contributed by atoms with Crippen molar-refractivity contribution in [3.63, 3.8) is 0 Å². The molecule has 0 bridgehead atoms. The first kappa shape index (κ1) is 21.8. The van der Waals surface area contributed by atoms with Crippen molar-refractivity contribution in [2.45, 2.75) is 11.8 Å². The largest absolute Gasteiger partial charge is 0.368 e. The van der Waals surface area contributed by atoms with E-state index in [1.165, 1.54) is 19.1 Å². The van der Waals surface area contributed by atoms with Gasteiger partial charge >= 0.3 is 0 Å². The van der Waals surface area contributed by atoms with Gasteiger partial charge in [-0.3, -0.25) is 14.5 Å². The van der Waals surface area contributed by atoms with Gasteiger partial charge in [0.1, 0.15) is 5.82 Å². The number of carbonyl (C=O) groups excluding carboxylic acids is 1. The molecule has 0 aliphatic carbocycles. The molecule has 7 nitrogen and oxygen atoms in total. The maximum absolute atomic E-state index is 13.4. The van der Waals surface area contributed by atoms with Crippen LogP contribution < -0.4 is 9.62 Å². The number of anilines is 2. The molecule has 2 aromatic carbocycles. The molecule has 1 aliphatic heterocycles. The fraction of sp³-hybridized carbons (Fsp3) is 0.217. The van der Waals surface area contributed by atoms with E-state index in [0.29, 0.717) is 24.3 Å². The van der Waals surface area contributed by atoms with Gasteiger partial charge in [-0.05, 0) is 67.1 Å². The van der Waals surface area contributed by atoms with Gasteiger partial charge in [-0.15, -0.1) is 0 Å². The summed E-state index contributed by atoms with van der Waals surface area (Å²) in [4.78, 5) is 20.9. The van der Waals surface area contributed by atoms with E-state index >= 15 is 0 Å². The number of aromatic nitrogens is 1. The molecule has 166 valence electrons. The average molecular weight is 455 g/mol. The topological polar surface area (TPSA) is 82.6 Å². The van der Waals surface area contributed by atoms with Gasteiger partial charge in [0.2, 0.25) is 0 Å². The van der Waals surface area contributed by atoms with Gasteiger partial charge in [0, 0.05) is 55.5 Å². The van der Waals surface area contributed by atoms with Crippen molar-refractivity contribution < 1.29 is 17.6 Å². The van der Waals surface area contributed by atoms with E-state index in [0.717, 1.165) is 24.8 Å². The molecule has 0 radical (unpaired) electrons. The molecule has 0 unspecified atom stereocenters. The van der Waals surface area contributed by atoms with Crippen molar-refractivity contribution >= 4 is 27.3 Å². The second-order valence-electron chi connectivity index (χ2n) is 7.58. The first-order valence-corrected chi connectivity index (χ1v) is 11.6. The number of hydrogen-bond acceptors (Lipinski definition) is 5. The summed E-state index contributed by atoms with van der Waals surface area (Å²) in [5.41, 5.74) is 2.15. The summed E-state index contributed by atoms with van der Waals surface area (Å²) in [5.74, 6) is -0.559. The molecule has 2 heterocycles. The molecular weight excluding hydrogens is 431 g/mol. The predicted molar refractivity (Wildman–Crippen MR) is 121 cm³/mol. The van der Waals surface area contributed by atoms with Gasteiger partial charge in [0.15, 0.2) is 0 Å². The molecule has 32 heavy (non-hydrogen) atoms. The van der Waals surface area contributed by atoms with Crippen LogP contribution in [-0.4, -0.2) is 50.4 Å². The highest BCUT2D eigenvalue weighted by atomic mass is 32.2. The summed E-state index contributed by atoms with van der Waals surface area (Å²) in [6.45, 7) is 4.15. The molecule has 0 spiro atoms. The van der Waals surface area contributed by atoms with E-state index in [1.807, 2.05) is 12.1 Å². The van der Waals surface area contributed by atoms with Crippen LogP contribution in [0, 0.1) is 12.7 Å². The zero-order valence-electron chi connectivity index (χ0n) is 17.5. The summed E-state index contributed by atoms with van der Waals surface area (Å²) in [5, 5.41) is 0. The maximum atomic E-state index is 13.4. The van der Waals surface area contributed by atoms with Crippen molar-refractivity contribution in [1.29, 1.82) is 0 Å².